The molecule has 0 bridgehead atoms. The molecule has 2 aromatic heterocycles. The number of anilines is 1. The number of nitrogens with zero attached hydrogens (tertiary/aromatic N) is 6. The molecule has 172 valence electrons. The predicted molar refractivity (Wildman–Crippen MR) is 100 cm³/mol. The zero-order valence-electron chi connectivity index (χ0n) is 17.2. The van der Waals surface area contributed by atoms with E-state index in [-0.39, 0.29) is 29.9 Å². The van der Waals surface area contributed by atoms with E-state index < -0.39 is 36.1 Å². The number of carbonyl (C=O) groups excluding carboxylic acids is 2. The molecule has 0 spiro atoms. The van der Waals surface area contributed by atoms with Gasteiger partial charge in [0, 0.05) is 13.1 Å². The lowest BCUT2D eigenvalue weighted by Crippen LogP contribution is -2.36. The van der Waals surface area contributed by atoms with Crippen molar-refractivity contribution >= 4 is 17.9 Å². The first-order chi connectivity index (χ1) is 15.1. The highest BCUT2D eigenvalue weighted by Gasteiger charge is 2.47. The van der Waals surface area contributed by atoms with Crippen LogP contribution in [0.3, 0.4) is 0 Å². The average molecular weight is 455 g/mol. The molecule has 2 aliphatic rings. The second kappa shape index (κ2) is 8.00. The van der Waals surface area contributed by atoms with Gasteiger partial charge in [0.15, 0.2) is 5.60 Å². The number of alkyl halides is 3. The predicted octanol–water partition coefficient (Wildman–Crippen LogP) is 1.77. The van der Waals surface area contributed by atoms with E-state index in [9.17, 15) is 22.8 Å². The number of ether oxygens (including phenoxy) is 2. The Balaban J connectivity index is 1.48. The number of cyclic esters (lactones) is 1. The highest BCUT2D eigenvalue weighted by molar-refractivity contribution is 6.04. The van der Waals surface area contributed by atoms with Gasteiger partial charge in [-0.2, -0.15) is 13.2 Å². The third-order valence-corrected chi connectivity index (χ3v) is 5.06. The maximum atomic E-state index is 13.2. The van der Waals surface area contributed by atoms with Gasteiger partial charge in [-0.25, -0.2) is 14.5 Å². The van der Waals surface area contributed by atoms with Crippen molar-refractivity contribution in [1.29, 1.82) is 0 Å². The van der Waals surface area contributed by atoms with E-state index in [1.54, 1.807) is 11.8 Å². The number of carbonyl (C=O) groups is 2. The molecule has 1 aliphatic heterocycles. The monoisotopic (exact) mass is 455 g/mol. The van der Waals surface area contributed by atoms with E-state index in [0.717, 1.165) is 18.9 Å². The zero-order chi connectivity index (χ0) is 23.1. The molecule has 14 heteroatoms. The Morgan fingerprint density at radius 3 is 2.75 bits per heavy atom. The van der Waals surface area contributed by atoms with Gasteiger partial charge < -0.3 is 14.4 Å². The minimum Gasteiger partial charge on any atom is -0.439 e. The summed E-state index contributed by atoms with van der Waals surface area (Å²) >= 11 is 0. The van der Waals surface area contributed by atoms with Gasteiger partial charge in [-0.15, -0.1) is 0 Å². The highest BCUT2D eigenvalue weighted by atomic mass is 19.4. The summed E-state index contributed by atoms with van der Waals surface area (Å²) in [7, 11) is 1.49. The largest absolute Gasteiger partial charge is 0.439 e. The van der Waals surface area contributed by atoms with Crippen LogP contribution in [0.15, 0.2) is 12.1 Å². The number of aromatic nitrogens is 5. The number of aryl methyl sites for hydroxylation is 1. The van der Waals surface area contributed by atoms with Crippen molar-refractivity contribution in [2.24, 2.45) is 7.05 Å². The fourth-order valence-electron chi connectivity index (χ4n) is 3.31. The van der Waals surface area contributed by atoms with Crippen molar-refractivity contribution in [3.63, 3.8) is 0 Å². The summed E-state index contributed by atoms with van der Waals surface area (Å²) in [4.78, 5) is 29.9. The number of rotatable bonds is 7. The first kappa shape index (κ1) is 21.9. The van der Waals surface area contributed by atoms with Crippen LogP contribution in [0.4, 0.5) is 23.9 Å². The normalized spacial score (nSPS) is 21.0. The second-order valence-electron chi connectivity index (χ2n) is 7.94. The molecular formula is C18H20F3N7O4. The minimum atomic E-state index is -4.70. The lowest BCUT2D eigenvalue weighted by molar-refractivity contribution is -0.141. The second-order valence-corrected chi connectivity index (χ2v) is 7.94. The number of hydrogen-bond donors (Lipinski definition) is 1. The van der Waals surface area contributed by atoms with Crippen molar-refractivity contribution in [3.05, 3.63) is 29.1 Å². The SMILES string of the molecule is Cn1nnnc1NC(=O)c1ccc(C(F)(F)F)nc1COCC1(C)CN(C2CC2)C(=O)O1. The van der Waals surface area contributed by atoms with Crippen LogP contribution in [0, 0.1) is 0 Å². The van der Waals surface area contributed by atoms with Gasteiger partial charge in [0.05, 0.1) is 31.0 Å². The Hall–Kier alpha value is -3.29. The molecule has 2 fully saturated rings. The Morgan fingerprint density at radius 1 is 1.38 bits per heavy atom. The Kier molecular flexibility index (Phi) is 5.48. The van der Waals surface area contributed by atoms with Crippen LogP contribution in [0.25, 0.3) is 0 Å². The Morgan fingerprint density at radius 2 is 2.12 bits per heavy atom. The molecule has 1 saturated carbocycles. The number of hydrogen-bond acceptors (Lipinski definition) is 8. The van der Waals surface area contributed by atoms with Gasteiger partial charge in [-0.05, 0) is 42.3 Å². The minimum absolute atomic E-state index is 0.00677. The Labute approximate surface area is 179 Å². The van der Waals surface area contributed by atoms with Gasteiger partial charge >= 0.3 is 12.3 Å². The van der Waals surface area contributed by atoms with Crippen LogP contribution in [0.5, 0.6) is 0 Å². The summed E-state index contributed by atoms with van der Waals surface area (Å²) in [6.07, 6.45) is -3.30. The van der Waals surface area contributed by atoms with E-state index >= 15 is 0 Å². The van der Waals surface area contributed by atoms with E-state index in [2.05, 4.69) is 25.8 Å². The summed E-state index contributed by atoms with van der Waals surface area (Å²) in [5, 5.41) is 13.0. The molecule has 1 atom stereocenters. The first-order valence-corrected chi connectivity index (χ1v) is 9.74. The van der Waals surface area contributed by atoms with Crippen LogP contribution in [-0.4, -0.2) is 66.9 Å². The van der Waals surface area contributed by atoms with Gasteiger partial charge in [0.1, 0.15) is 5.69 Å². The maximum absolute atomic E-state index is 13.2. The molecule has 2 amide bonds. The summed E-state index contributed by atoms with van der Waals surface area (Å²) in [5.41, 5.74) is -2.46. The van der Waals surface area contributed by atoms with Gasteiger partial charge in [0.2, 0.25) is 5.95 Å². The van der Waals surface area contributed by atoms with Gasteiger partial charge in [-0.3, -0.25) is 10.1 Å². The first-order valence-electron chi connectivity index (χ1n) is 9.74. The molecule has 1 unspecified atom stereocenters. The fourth-order valence-corrected chi connectivity index (χ4v) is 3.31. The lowest BCUT2D eigenvalue weighted by atomic mass is 10.1. The van der Waals surface area contributed by atoms with Crippen molar-refractivity contribution in [2.45, 2.75) is 44.2 Å². The van der Waals surface area contributed by atoms with E-state index in [0.29, 0.717) is 12.6 Å². The summed E-state index contributed by atoms with van der Waals surface area (Å²) < 4.78 is 51.6. The highest BCUT2D eigenvalue weighted by Crippen LogP contribution is 2.34. The zero-order valence-corrected chi connectivity index (χ0v) is 17.2. The van der Waals surface area contributed by atoms with Crippen LogP contribution in [-0.2, 0) is 29.3 Å². The van der Waals surface area contributed by atoms with Crippen LogP contribution in [0.1, 0.15) is 41.5 Å². The molecular weight excluding hydrogens is 435 g/mol. The maximum Gasteiger partial charge on any atom is 0.433 e. The topological polar surface area (TPSA) is 124 Å². The summed E-state index contributed by atoms with van der Waals surface area (Å²) in [6.45, 7) is 1.52. The molecule has 0 aromatic carbocycles. The van der Waals surface area contributed by atoms with Crippen LogP contribution < -0.4 is 5.32 Å². The van der Waals surface area contributed by atoms with Crippen molar-refractivity contribution in [1.82, 2.24) is 30.1 Å². The molecule has 11 nitrogen and oxygen atoms in total. The van der Waals surface area contributed by atoms with E-state index in [1.807, 2.05) is 0 Å². The third-order valence-electron chi connectivity index (χ3n) is 5.06. The smallest absolute Gasteiger partial charge is 0.433 e. The Bertz CT molecular complexity index is 1040. The fraction of sp³-hybridized carbons (Fsp3) is 0.556. The van der Waals surface area contributed by atoms with Crippen molar-refractivity contribution in [3.8, 4) is 0 Å². The number of amides is 2. The molecule has 1 saturated heterocycles. The quantitative estimate of drug-likeness (QED) is 0.670. The van der Waals surface area contributed by atoms with Gasteiger partial charge in [-0.1, -0.05) is 5.10 Å². The summed E-state index contributed by atoms with van der Waals surface area (Å²) in [5.74, 6) is -0.742. The molecule has 1 aliphatic carbocycles. The number of halogens is 3. The third kappa shape index (κ3) is 4.64. The molecule has 4 rings (SSSR count). The lowest BCUT2D eigenvalue weighted by Gasteiger charge is -2.22. The summed E-state index contributed by atoms with van der Waals surface area (Å²) in [6, 6.07) is 1.89. The van der Waals surface area contributed by atoms with Crippen molar-refractivity contribution < 1.29 is 32.2 Å². The van der Waals surface area contributed by atoms with E-state index in [4.69, 9.17) is 9.47 Å². The molecule has 3 heterocycles. The van der Waals surface area contributed by atoms with E-state index in [1.165, 1.54) is 11.7 Å². The molecule has 1 N–H and O–H groups in total. The molecule has 32 heavy (non-hydrogen) atoms. The average Bonchev–Trinajstić information content (AvgIpc) is 3.41. The standard InChI is InChI=1S/C18H20F3N7O4/c1-17(8-28(10-3-4-10)16(30)32-17)9-31-7-12-11(5-6-13(22-12)18(19,20)21)14(29)23-15-24-25-26-27(15)2/h5-6,10H,3-4,7-9H2,1-2H3,(H,23,24,26,29). The number of pyridine rings is 1. The van der Waals surface area contributed by atoms with Crippen LogP contribution >= 0.6 is 0 Å². The van der Waals surface area contributed by atoms with Crippen LogP contribution in [0.2, 0.25) is 0 Å². The number of tetrazole rings is 1. The molecule has 2 aromatic rings. The number of nitrogens with one attached hydrogen (secondary N) is 1. The van der Waals surface area contributed by atoms with Gasteiger partial charge in [0.25, 0.3) is 5.91 Å². The molecule has 0 radical (unpaired) electrons. The van der Waals surface area contributed by atoms with Crippen molar-refractivity contribution in [2.75, 3.05) is 18.5 Å².